The minimum Gasteiger partial charge on any atom is -0.487 e. The summed E-state index contributed by atoms with van der Waals surface area (Å²) in [5.41, 5.74) is 5.18. The number of carbonyl (C=O) groups excluding carboxylic acids is 1. The SMILES string of the molecule is CCc1ccccc1NC(=O)c1cccc(OCc2cscn2)c1. The summed E-state index contributed by atoms with van der Waals surface area (Å²) < 4.78 is 5.70. The van der Waals surface area contributed by atoms with Gasteiger partial charge in [-0.1, -0.05) is 31.2 Å². The topological polar surface area (TPSA) is 51.2 Å². The van der Waals surface area contributed by atoms with Crippen LogP contribution in [0.4, 0.5) is 5.69 Å². The first-order chi connectivity index (χ1) is 11.8. The van der Waals surface area contributed by atoms with E-state index in [0.717, 1.165) is 23.4 Å². The average molecular weight is 338 g/mol. The molecule has 122 valence electrons. The van der Waals surface area contributed by atoms with E-state index in [9.17, 15) is 4.79 Å². The number of ether oxygens (including phenoxy) is 1. The van der Waals surface area contributed by atoms with Crippen molar-refractivity contribution in [3.05, 3.63) is 76.2 Å². The number of nitrogens with zero attached hydrogens (tertiary/aromatic N) is 1. The summed E-state index contributed by atoms with van der Waals surface area (Å²) >= 11 is 1.53. The first-order valence-corrected chi connectivity index (χ1v) is 8.69. The molecular formula is C19H18N2O2S. The van der Waals surface area contributed by atoms with Gasteiger partial charge in [0.1, 0.15) is 12.4 Å². The van der Waals surface area contributed by atoms with Crippen LogP contribution in [0.5, 0.6) is 5.75 Å². The molecule has 2 aromatic carbocycles. The lowest BCUT2D eigenvalue weighted by molar-refractivity contribution is 0.102. The third-order valence-electron chi connectivity index (χ3n) is 3.61. The van der Waals surface area contributed by atoms with Crippen molar-refractivity contribution in [3.8, 4) is 5.75 Å². The number of carbonyl (C=O) groups is 1. The number of nitrogens with one attached hydrogen (secondary N) is 1. The first-order valence-electron chi connectivity index (χ1n) is 7.75. The van der Waals surface area contributed by atoms with Crippen molar-refractivity contribution in [2.75, 3.05) is 5.32 Å². The van der Waals surface area contributed by atoms with Crippen LogP contribution in [0, 0.1) is 0 Å². The van der Waals surface area contributed by atoms with E-state index >= 15 is 0 Å². The van der Waals surface area contributed by atoms with E-state index in [4.69, 9.17) is 4.74 Å². The Kier molecular flexibility index (Phi) is 5.23. The van der Waals surface area contributed by atoms with E-state index in [1.54, 1.807) is 17.6 Å². The molecule has 5 heteroatoms. The highest BCUT2D eigenvalue weighted by Gasteiger charge is 2.09. The summed E-state index contributed by atoms with van der Waals surface area (Å²) in [6.45, 7) is 2.46. The van der Waals surface area contributed by atoms with Crippen LogP contribution in [-0.2, 0) is 13.0 Å². The maximum Gasteiger partial charge on any atom is 0.255 e. The van der Waals surface area contributed by atoms with Gasteiger partial charge in [-0.3, -0.25) is 4.79 Å². The van der Waals surface area contributed by atoms with Gasteiger partial charge < -0.3 is 10.1 Å². The molecule has 0 atom stereocenters. The van der Waals surface area contributed by atoms with Gasteiger partial charge >= 0.3 is 0 Å². The van der Waals surface area contributed by atoms with Gasteiger partial charge in [-0.05, 0) is 36.2 Å². The third-order valence-corrected chi connectivity index (χ3v) is 4.25. The minimum atomic E-state index is -0.144. The Hall–Kier alpha value is -2.66. The number of aromatic nitrogens is 1. The van der Waals surface area contributed by atoms with Crippen LogP contribution in [0.2, 0.25) is 0 Å². The van der Waals surface area contributed by atoms with Gasteiger partial charge in [0, 0.05) is 16.6 Å². The summed E-state index contributed by atoms with van der Waals surface area (Å²) in [5, 5.41) is 4.91. The summed E-state index contributed by atoms with van der Waals surface area (Å²) in [6, 6.07) is 15.0. The molecular weight excluding hydrogens is 320 g/mol. The zero-order chi connectivity index (χ0) is 16.8. The number of hydrogen-bond donors (Lipinski definition) is 1. The molecule has 1 aromatic heterocycles. The molecule has 0 spiro atoms. The third kappa shape index (κ3) is 4.00. The zero-order valence-electron chi connectivity index (χ0n) is 13.4. The summed E-state index contributed by atoms with van der Waals surface area (Å²) in [7, 11) is 0. The van der Waals surface area contributed by atoms with Crippen LogP contribution in [0.1, 0.15) is 28.5 Å². The monoisotopic (exact) mass is 338 g/mol. The van der Waals surface area contributed by atoms with E-state index < -0.39 is 0 Å². The molecule has 1 amide bonds. The number of thiazole rings is 1. The molecule has 3 aromatic rings. The van der Waals surface area contributed by atoms with Crippen molar-refractivity contribution in [1.82, 2.24) is 4.98 Å². The van der Waals surface area contributed by atoms with Crippen molar-refractivity contribution in [2.45, 2.75) is 20.0 Å². The van der Waals surface area contributed by atoms with Gasteiger partial charge in [0.15, 0.2) is 0 Å². The Morgan fingerprint density at radius 1 is 1.21 bits per heavy atom. The van der Waals surface area contributed by atoms with Crippen LogP contribution in [0.3, 0.4) is 0 Å². The van der Waals surface area contributed by atoms with Crippen LogP contribution in [-0.4, -0.2) is 10.9 Å². The quantitative estimate of drug-likeness (QED) is 0.718. The van der Waals surface area contributed by atoms with Crippen molar-refractivity contribution < 1.29 is 9.53 Å². The molecule has 0 fully saturated rings. The maximum atomic E-state index is 12.5. The van der Waals surface area contributed by atoms with E-state index in [2.05, 4.69) is 17.2 Å². The molecule has 0 aliphatic heterocycles. The minimum absolute atomic E-state index is 0.144. The first kappa shape index (κ1) is 16.2. The van der Waals surface area contributed by atoms with Crippen molar-refractivity contribution >= 4 is 22.9 Å². The lowest BCUT2D eigenvalue weighted by atomic mass is 10.1. The summed E-state index contributed by atoms with van der Waals surface area (Å²) in [4.78, 5) is 16.7. The molecule has 0 bridgehead atoms. The Bertz CT molecular complexity index is 816. The smallest absolute Gasteiger partial charge is 0.255 e. The van der Waals surface area contributed by atoms with Crippen LogP contribution in [0.25, 0.3) is 0 Å². The van der Waals surface area contributed by atoms with Crippen molar-refractivity contribution in [1.29, 1.82) is 0 Å². The molecule has 0 saturated carbocycles. The van der Waals surface area contributed by atoms with Gasteiger partial charge in [0.25, 0.3) is 5.91 Å². The zero-order valence-corrected chi connectivity index (χ0v) is 14.2. The summed E-state index contributed by atoms with van der Waals surface area (Å²) in [6.07, 6.45) is 0.868. The van der Waals surface area contributed by atoms with Gasteiger partial charge in [0.05, 0.1) is 11.2 Å². The number of aryl methyl sites for hydroxylation is 1. The second-order valence-electron chi connectivity index (χ2n) is 5.26. The van der Waals surface area contributed by atoms with Gasteiger partial charge in [-0.25, -0.2) is 4.98 Å². The van der Waals surface area contributed by atoms with E-state index in [-0.39, 0.29) is 5.91 Å². The van der Waals surface area contributed by atoms with Crippen molar-refractivity contribution in [2.24, 2.45) is 0 Å². The molecule has 24 heavy (non-hydrogen) atoms. The largest absolute Gasteiger partial charge is 0.487 e. The molecule has 0 aliphatic carbocycles. The highest BCUT2D eigenvalue weighted by atomic mass is 32.1. The molecule has 0 saturated heterocycles. The maximum absolute atomic E-state index is 12.5. The average Bonchev–Trinajstić information content (AvgIpc) is 3.14. The van der Waals surface area contributed by atoms with Gasteiger partial charge in [0.2, 0.25) is 0 Å². The van der Waals surface area contributed by atoms with Crippen LogP contribution < -0.4 is 10.1 Å². The molecule has 0 radical (unpaired) electrons. The Balaban J connectivity index is 1.69. The molecule has 0 aliphatic rings. The number of anilines is 1. The Labute approximate surface area is 145 Å². The Morgan fingerprint density at radius 3 is 2.88 bits per heavy atom. The number of para-hydroxylation sites is 1. The number of rotatable bonds is 6. The highest BCUT2D eigenvalue weighted by Crippen LogP contribution is 2.19. The van der Waals surface area contributed by atoms with Crippen molar-refractivity contribution in [3.63, 3.8) is 0 Å². The van der Waals surface area contributed by atoms with Crippen LogP contribution in [0.15, 0.2) is 59.4 Å². The lowest BCUT2D eigenvalue weighted by Gasteiger charge is -2.11. The second-order valence-corrected chi connectivity index (χ2v) is 5.98. The normalized spacial score (nSPS) is 10.4. The molecule has 0 unspecified atom stereocenters. The van der Waals surface area contributed by atoms with E-state index in [1.807, 2.05) is 41.8 Å². The highest BCUT2D eigenvalue weighted by molar-refractivity contribution is 7.07. The standard InChI is InChI=1S/C19H18N2O2S/c1-2-14-6-3-4-9-18(14)21-19(22)15-7-5-8-17(10-15)23-11-16-12-24-13-20-16/h3-10,12-13H,2,11H2,1H3,(H,21,22). The fourth-order valence-corrected chi connectivity index (χ4v) is 2.88. The van der Waals surface area contributed by atoms with Gasteiger partial charge in [-0.15, -0.1) is 11.3 Å². The van der Waals surface area contributed by atoms with E-state index in [0.29, 0.717) is 17.9 Å². The summed E-state index contributed by atoms with van der Waals surface area (Å²) in [5.74, 6) is 0.509. The molecule has 4 nitrogen and oxygen atoms in total. The second kappa shape index (κ2) is 7.75. The van der Waals surface area contributed by atoms with Crippen LogP contribution >= 0.6 is 11.3 Å². The predicted octanol–water partition coefficient (Wildman–Crippen LogP) is 4.54. The lowest BCUT2D eigenvalue weighted by Crippen LogP contribution is -2.13. The molecule has 1 N–H and O–H groups in total. The number of hydrogen-bond acceptors (Lipinski definition) is 4. The predicted molar refractivity (Wildman–Crippen MR) is 96.7 cm³/mol. The Morgan fingerprint density at radius 2 is 2.08 bits per heavy atom. The van der Waals surface area contributed by atoms with Gasteiger partial charge in [-0.2, -0.15) is 0 Å². The fraction of sp³-hybridized carbons (Fsp3) is 0.158. The van der Waals surface area contributed by atoms with E-state index in [1.165, 1.54) is 11.3 Å². The molecule has 1 heterocycles. The number of benzene rings is 2. The fourth-order valence-electron chi connectivity index (χ4n) is 2.34. The molecule has 3 rings (SSSR count). The number of amides is 1.